The molecule has 0 bridgehead atoms. The lowest BCUT2D eigenvalue weighted by Gasteiger charge is -2.33. The third-order valence-corrected chi connectivity index (χ3v) is 5.69. The molecule has 1 rings (SSSR count). The predicted octanol–water partition coefficient (Wildman–Crippen LogP) is 5.14. The molecule has 1 aromatic carbocycles. The van der Waals surface area contributed by atoms with Gasteiger partial charge in [0.1, 0.15) is 0 Å². The van der Waals surface area contributed by atoms with Gasteiger partial charge < -0.3 is 5.11 Å². The first kappa shape index (κ1) is 23.4. The molecule has 11 heteroatoms. The summed E-state index contributed by atoms with van der Waals surface area (Å²) in [6, 6.07) is 0.564. The van der Waals surface area contributed by atoms with E-state index in [0.717, 1.165) is 0 Å². The zero-order valence-electron chi connectivity index (χ0n) is 14.7. The quantitative estimate of drug-likeness (QED) is 0.684. The highest BCUT2D eigenvalue weighted by Gasteiger charge is 2.74. The number of alkyl halides is 7. The lowest BCUT2D eigenvalue weighted by atomic mass is 9.90. The summed E-state index contributed by atoms with van der Waals surface area (Å²) in [5, 5.41) is 9.18. The van der Waals surface area contributed by atoms with E-state index in [-0.39, 0.29) is 12.5 Å². The first-order valence-corrected chi connectivity index (χ1v) is 8.70. The van der Waals surface area contributed by atoms with Crippen LogP contribution in [0.15, 0.2) is 17.0 Å². The smallest absolute Gasteiger partial charge is 0.435 e. The second-order valence-corrected chi connectivity index (χ2v) is 8.83. The van der Waals surface area contributed by atoms with Crippen LogP contribution in [0, 0.1) is 0 Å². The van der Waals surface area contributed by atoms with Crippen LogP contribution in [0.3, 0.4) is 0 Å². The van der Waals surface area contributed by atoms with E-state index in [1.807, 2.05) is 0 Å². The fourth-order valence-electron chi connectivity index (χ4n) is 2.43. The van der Waals surface area contributed by atoms with Gasteiger partial charge in [0.05, 0.1) is 21.3 Å². The summed E-state index contributed by atoms with van der Waals surface area (Å²) < 4.78 is 105. The number of benzene rings is 1. The molecule has 1 N–H and O–H groups in total. The second kappa shape index (κ2) is 7.06. The van der Waals surface area contributed by atoms with Crippen LogP contribution in [0.5, 0.6) is 0 Å². The molecule has 0 radical (unpaired) electrons. The van der Waals surface area contributed by atoms with Crippen LogP contribution in [0.2, 0.25) is 0 Å². The highest BCUT2D eigenvalue weighted by Crippen LogP contribution is 2.55. The minimum atomic E-state index is -6.40. The van der Waals surface area contributed by atoms with E-state index in [9.17, 15) is 44.8 Å². The van der Waals surface area contributed by atoms with Gasteiger partial charge in [0.2, 0.25) is 0 Å². The number of carboxylic acid groups (broad SMARTS) is 1. The van der Waals surface area contributed by atoms with Gasteiger partial charge in [0.25, 0.3) is 0 Å². The van der Waals surface area contributed by atoms with E-state index in [0.29, 0.717) is 6.07 Å². The molecular weight excluding hydrogens is 405 g/mol. The molecule has 27 heavy (non-hydrogen) atoms. The molecule has 0 aliphatic rings. The maximum Gasteiger partial charge on any atom is 0.435 e. The Labute approximate surface area is 153 Å². The molecule has 0 saturated carbocycles. The Bertz CT molecular complexity index is 747. The fourth-order valence-corrected chi connectivity index (χ4v) is 3.93. The van der Waals surface area contributed by atoms with Crippen molar-refractivity contribution in [2.45, 2.75) is 61.8 Å². The van der Waals surface area contributed by atoms with Crippen LogP contribution in [-0.2, 0) is 22.9 Å². The summed E-state index contributed by atoms with van der Waals surface area (Å²) in [6.45, 7) is 5.05. The van der Waals surface area contributed by atoms with Gasteiger partial charge >= 0.3 is 24.0 Å². The Hall–Kier alpha value is -1.65. The Morgan fingerprint density at radius 1 is 1.00 bits per heavy atom. The first-order valence-electron chi connectivity index (χ1n) is 7.55. The second-order valence-electron chi connectivity index (χ2n) is 6.66. The normalized spacial score (nSPS) is 14.9. The number of aromatic carboxylic acids is 1. The number of carbonyl (C=O) groups is 1. The van der Waals surface area contributed by atoms with Crippen molar-refractivity contribution in [1.82, 2.24) is 0 Å². The van der Waals surface area contributed by atoms with E-state index in [4.69, 9.17) is 0 Å². The monoisotopic (exact) mass is 422 g/mol. The maximum absolute atomic E-state index is 14.7. The molecule has 0 saturated heterocycles. The van der Waals surface area contributed by atoms with Gasteiger partial charge in [0.15, 0.2) is 0 Å². The molecule has 0 unspecified atom stereocenters. The minimum Gasteiger partial charge on any atom is -0.478 e. The Morgan fingerprint density at radius 2 is 1.44 bits per heavy atom. The average Bonchev–Trinajstić information content (AvgIpc) is 2.48. The standard InChI is InChI=1S/C16H17F7O3S/c1-5-8-9(12(24)25)6-7-10(11(8)27(26)13(2,3)4)14(17,15(18,19)20)16(21,22)23/h6-7H,5H2,1-4H3,(H,24,25)/t27-/m1/s1. The van der Waals surface area contributed by atoms with Crippen molar-refractivity contribution < 1.29 is 44.8 Å². The summed E-state index contributed by atoms with van der Waals surface area (Å²) in [4.78, 5) is 10.2. The number of rotatable bonds is 4. The predicted molar refractivity (Wildman–Crippen MR) is 83.8 cm³/mol. The molecule has 154 valence electrons. The Morgan fingerprint density at radius 3 is 1.74 bits per heavy atom. The van der Waals surface area contributed by atoms with Crippen molar-refractivity contribution in [3.05, 3.63) is 28.8 Å². The first-order chi connectivity index (χ1) is 11.9. The van der Waals surface area contributed by atoms with Gasteiger partial charge in [-0.2, -0.15) is 26.3 Å². The summed E-state index contributed by atoms with van der Waals surface area (Å²) in [7, 11) is -2.57. The molecule has 0 amide bonds. The SMILES string of the molecule is CCc1c(C(=O)O)ccc(C(F)(C(F)(F)F)C(F)(F)F)c1[S@@](=O)C(C)(C)C. The van der Waals surface area contributed by atoms with Gasteiger partial charge in [-0.15, -0.1) is 0 Å². The van der Waals surface area contributed by atoms with Crippen molar-refractivity contribution in [1.29, 1.82) is 0 Å². The van der Waals surface area contributed by atoms with Crippen molar-refractivity contribution >= 4 is 16.8 Å². The Kier molecular flexibility index (Phi) is 6.12. The molecule has 0 aliphatic carbocycles. The molecule has 0 aromatic heterocycles. The largest absolute Gasteiger partial charge is 0.478 e. The van der Waals surface area contributed by atoms with Gasteiger partial charge in [-0.25, -0.2) is 9.18 Å². The maximum atomic E-state index is 14.7. The van der Waals surface area contributed by atoms with Crippen LogP contribution in [0.1, 0.15) is 49.2 Å². The van der Waals surface area contributed by atoms with E-state index in [2.05, 4.69) is 0 Å². The van der Waals surface area contributed by atoms with Crippen molar-refractivity contribution in [3.63, 3.8) is 0 Å². The molecule has 3 nitrogen and oxygen atoms in total. The van der Waals surface area contributed by atoms with Crippen molar-refractivity contribution in [3.8, 4) is 0 Å². The summed E-state index contributed by atoms with van der Waals surface area (Å²) >= 11 is 0. The Balaban J connectivity index is 4.16. The van der Waals surface area contributed by atoms with Gasteiger partial charge in [-0.05, 0) is 38.8 Å². The van der Waals surface area contributed by atoms with Crippen LogP contribution in [0.25, 0.3) is 0 Å². The highest BCUT2D eigenvalue weighted by atomic mass is 32.2. The molecule has 0 spiro atoms. The summed E-state index contributed by atoms with van der Waals surface area (Å²) in [5.74, 6) is -1.64. The van der Waals surface area contributed by atoms with E-state index in [1.165, 1.54) is 27.7 Å². The third kappa shape index (κ3) is 3.97. The molecule has 0 fully saturated rings. The fraction of sp³-hybridized carbons (Fsp3) is 0.562. The van der Waals surface area contributed by atoms with Crippen LogP contribution in [-0.4, -0.2) is 32.4 Å². The van der Waals surface area contributed by atoms with Crippen LogP contribution >= 0.6 is 0 Å². The number of hydrogen-bond donors (Lipinski definition) is 1. The third-order valence-electron chi connectivity index (χ3n) is 3.74. The van der Waals surface area contributed by atoms with Crippen LogP contribution < -0.4 is 0 Å². The highest BCUT2D eigenvalue weighted by molar-refractivity contribution is 7.86. The van der Waals surface area contributed by atoms with E-state index >= 15 is 0 Å². The lowest BCUT2D eigenvalue weighted by molar-refractivity contribution is -0.349. The average molecular weight is 422 g/mol. The zero-order chi connectivity index (χ0) is 21.6. The van der Waals surface area contributed by atoms with Gasteiger partial charge in [-0.1, -0.05) is 13.0 Å². The zero-order valence-corrected chi connectivity index (χ0v) is 15.5. The van der Waals surface area contributed by atoms with Crippen LogP contribution in [0.4, 0.5) is 30.7 Å². The summed E-state index contributed by atoms with van der Waals surface area (Å²) in [5.41, 5.74) is -8.89. The number of halogens is 7. The molecule has 0 heterocycles. The van der Waals surface area contributed by atoms with E-state index in [1.54, 1.807) is 0 Å². The topological polar surface area (TPSA) is 54.4 Å². The number of hydrogen-bond acceptors (Lipinski definition) is 2. The summed E-state index contributed by atoms with van der Waals surface area (Å²) in [6.07, 6.45) is -13.2. The number of carboxylic acids is 1. The van der Waals surface area contributed by atoms with Gasteiger partial charge in [0, 0.05) is 10.3 Å². The van der Waals surface area contributed by atoms with Gasteiger partial charge in [-0.3, -0.25) is 4.21 Å². The molecule has 0 aliphatic heterocycles. The minimum absolute atomic E-state index is 0.0998. The van der Waals surface area contributed by atoms with E-state index < -0.39 is 61.1 Å². The van der Waals surface area contributed by atoms with Crippen molar-refractivity contribution in [2.75, 3.05) is 0 Å². The van der Waals surface area contributed by atoms with Crippen molar-refractivity contribution in [2.24, 2.45) is 0 Å². The lowest BCUT2D eigenvalue weighted by Crippen LogP contribution is -2.51. The molecule has 1 aromatic rings. The molecular formula is C16H17F7O3S. The molecule has 1 atom stereocenters.